The predicted octanol–water partition coefficient (Wildman–Crippen LogP) is 5.31. The van der Waals surface area contributed by atoms with Crippen LogP contribution in [0, 0.1) is 29.4 Å². The summed E-state index contributed by atoms with van der Waals surface area (Å²) in [6.45, 7) is 2.24. The quantitative estimate of drug-likeness (QED) is 0.0884. The van der Waals surface area contributed by atoms with Gasteiger partial charge in [-0.25, -0.2) is 22.2 Å². The Morgan fingerprint density at radius 1 is 1.11 bits per heavy atom. The minimum absolute atomic E-state index is 0.0550. The fourth-order valence-electron chi connectivity index (χ4n) is 7.06. The standard InChI is InChI=1S/C37H33ClF4N8O4S/c1-36(2,52)12-11-21-5-6-22(23-8-10-26(38)30-32(23)49(3)47-35(30)48-55(4,53)54)31(44-21)27(15-18-13-19(39)16-20(40)14-18)45-28(51)17-50-33-29(34(43)46-50)24-7-9-25(24)37(33,41)42/h5-10,13-14,16,24-25,27,52H,15,17H2,1-4H3,(H2,43,46)(H,45,51)(H,47,48)/t24-,25+,27?/m0/s1. The summed E-state index contributed by atoms with van der Waals surface area (Å²) in [6, 6.07) is 7.94. The molecule has 12 nitrogen and oxygen atoms in total. The number of amides is 1. The maximum atomic E-state index is 15.5. The number of hydrogen-bond acceptors (Lipinski definition) is 8. The van der Waals surface area contributed by atoms with E-state index in [1.807, 2.05) is 0 Å². The third-order valence-corrected chi connectivity index (χ3v) is 10.1. The third-order valence-electron chi connectivity index (χ3n) is 9.25. The highest BCUT2D eigenvalue weighted by Crippen LogP contribution is 2.59. The fraction of sp³-hybridized carbons (Fsp3) is 0.297. The van der Waals surface area contributed by atoms with E-state index in [9.17, 15) is 27.1 Å². The molecule has 0 fully saturated rings. The molecule has 3 atom stereocenters. The van der Waals surface area contributed by atoms with Crippen LogP contribution in [-0.2, 0) is 40.8 Å². The summed E-state index contributed by atoms with van der Waals surface area (Å²) in [5.41, 5.74) is 5.80. The van der Waals surface area contributed by atoms with Crippen LogP contribution < -0.4 is 15.8 Å². The number of halogens is 5. The van der Waals surface area contributed by atoms with Crippen molar-refractivity contribution >= 4 is 50.1 Å². The second kappa shape index (κ2) is 13.4. The SMILES string of the molecule is Cn1nc(NS(C)(=O)=O)c2c(Cl)ccc(-c3ccc(C#CC(C)(C)O)nc3C(Cc3cc(F)cc(F)c3)NC(=O)Cn3nc(N)c4c3C(F)(F)[C@@H]3C=C[C@H]43)c21. The van der Waals surface area contributed by atoms with Crippen molar-refractivity contribution in [2.45, 2.75) is 50.3 Å². The van der Waals surface area contributed by atoms with Crippen LogP contribution in [-0.4, -0.2) is 55.8 Å². The van der Waals surface area contributed by atoms with Crippen molar-refractivity contribution < 1.29 is 35.9 Å². The van der Waals surface area contributed by atoms with Crippen LogP contribution in [0.4, 0.5) is 29.2 Å². The Morgan fingerprint density at radius 2 is 1.80 bits per heavy atom. The molecule has 3 aromatic heterocycles. The average Bonchev–Trinajstić information content (AvgIpc) is 3.58. The number of rotatable bonds is 9. The van der Waals surface area contributed by atoms with Crippen LogP contribution in [0.15, 0.2) is 54.6 Å². The van der Waals surface area contributed by atoms with Gasteiger partial charge in [0.2, 0.25) is 15.9 Å². The summed E-state index contributed by atoms with van der Waals surface area (Å²) in [7, 11) is -2.23. The zero-order chi connectivity index (χ0) is 39.8. The summed E-state index contributed by atoms with van der Waals surface area (Å²) in [5.74, 6) is -2.35. The second-order valence-electron chi connectivity index (χ2n) is 14.1. The lowest BCUT2D eigenvalue weighted by atomic mass is 9.81. The van der Waals surface area contributed by atoms with Gasteiger partial charge in [-0.15, -0.1) is 0 Å². The Balaban J connectivity index is 1.38. The highest BCUT2D eigenvalue weighted by Gasteiger charge is 2.59. The number of pyridine rings is 1. The smallest absolute Gasteiger partial charge is 0.296 e. The van der Waals surface area contributed by atoms with Crippen molar-refractivity contribution in [1.29, 1.82) is 0 Å². The molecule has 0 saturated heterocycles. The Morgan fingerprint density at radius 3 is 2.44 bits per heavy atom. The number of nitrogens with zero attached hydrogens (tertiary/aromatic N) is 5. The van der Waals surface area contributed by atoms with E-state index in [1.165, 1.54) is 30.7 Å². The molecule has 0 bridgehead atoms. The maximum absolute atomic E-state index is 15.5. The number of nitrogen functional groups attached to an aromatic ring is 1. The molecule has 0 radical (unpaired) electrons. The van der Waals surface area contributed by atoms with E-state index in [-0.39, 0.29) is 51.0 Å². The van der Waals surface area contributed by atoms with Crippen molar-refractivity contribution in [3.63, 3.8) is 0 Å². The minimum atomic E-state index is -3.80. The predicted molar refractivity (Wildman–Crippen MR) is 197 cm³/mol. The number of aryl methyl sites for hydroxylation is 1. The van der Waals surface area contributed by atoms with E-state index in [2.05, 4.69) is 32.1 Å². The normalized spacial score (nSPS) is 17.6. The molecule has 2 aromatic carbocycles. The topological polar surface area (TPSA) is 170 Å². The number of hydrogen-bond donors (Lipinski definition) is 4. The second-order valence-corrected chi connectivity index (χ2v) is 16.2. The lowest BCUT2D eigenvalue weighted by molar-refractivity contribution is -0.123. The van der Waals surface area contributed by atoms with Crippen LogP contribution in [0.5, 0.6) is 0 Å². The number of carbonyl (C=O) groups is 1. The molecule has 18 heteroatoms. The molecule has 55 heavy (non-hydrogen) atoms. The van der Waals surface area contributed by atoms with Crippen LogP contribution in [0.3, 0.4) is 0 Å². The van der Waals surface area contributed by atoms with Gasteiger partial charge in [-0.1, -0.05) is 35.7 Å². The van der Waals surface area contributed by atoms with Gasteiger partial charge in [-0.05, 0) is 62.1 Å². The van der Waals surface area contributed by atoms with E-state index in [4.69, 9.17) is 22.3 Å². The Bertz CT molecular complexity index is 2600. The van der Waals surface area contributed by atoms with Crippen molar-refractivity contribution in [3.05, 3.63) is 99.5 Å². The third kappa shape index (κ3) is 7.24. The van der Waals surface area contributed by atoms with Gasteiger partial charge < -0.3 is 16.2 Å². The van der Waals surface area contributed by atoms with E-state index < -0.39 is 69.2 Å². The zero-order valence-corrected chi connectivity index (χ0v) is 31.2. The van der Waals surface area contributed by atoms with Crippen molar-refractivity contribution in [1.82, 2.24) is 29.9 Å². The summed E-state index contributed by atoms with van der Waals surface area (Å²) < 4.78 is 89.2. The largest absolute Gasteiger partial charge is 0.382 e. The van der Waals surface area contributed by atoms with Gasteiger partial charge in [0.15, 0.2) is 5.82 Å². The van der Waals surface area contributed by atoms with Crippen LogP contribution in [0.1, 0.15) is 54.0 Å². The molecular weight excluding hydrogens is 764 g/mol. The van der Waals surface area contributed by atoms with E-state index in [0.29, 0.717) is 22.7 Å². The Labute approximate surface area is 317 Å². The molecule has 3 heterocycles. The number of aliphatic hydroxyl groups is 1. The van der Waals surface area contributed by atoms with Crippen molar-refractivity contribution in [3.8, 4) is 23.0 Å². The molecule has 2 aliphatic carbocycles. The zero-order valence-electron chi connectivity index (χ0n) is 29.6. The molecule has 0 aliphatic heterocycles. The van der Waals surface area contributed by atoms with Gasteiger partial charge in [0, 0.05) is 35.7 Å². The van der Waals surface area contributed by atoms with E-state index in [1.54, 1.807) is 31.3 Å². The van der Waals surface area contributed by atoms with Gasteiger partial charge in [0.05, 0.1) is 39.8 Å². The van der Waals surface area contributed by atoms with Gasteiger partial charge in [0.25, 0.3) is 5.92 Å². The first-order chi connectivity index (χ1) is 25.7. The molecular formula is C37H33ClF4N8O4S. The van der Waals surface area contributed by atoms with Gasteiger partial charge in [0.1, 0.15) is 41.0 Å². The van der Waals surface area contributed by atoms with Crippen LogP contribution >= 0.6 is 11.6 Å². The van der Waals surface area contributed by atoms with Crippen LogP contribution in [0.25, 0.3) is 22.0 Å². The average molecular weight is 797 g/mol. The van der Waals surface area contributed by atoms with Gasteiger partial charge in [-0.3, -0.25) is 18.9 Å². The van der Waals surface area contributed by atoms with Crippen molar-refractivity contribution in [2.75, 3.05) is 16.7 Å². The first kappa shape index (κ1) is 37.9. The summed E-state index contributed by atoms with van der Waals surface area (Å²) >= 11 is 6.59. The van der Waals surface area contributed by atoms with Crippen LogP contribution in [0.2, 0.25) is 5.02 Å². The summed E-state index contributed by atoms with van der Waals surface area (Å²) in [5, 5.41) is 21.9. The monoisotopic (exact) mass is 796 g/mol. The number of fused-ring (bicyclic) bond motifs is 4. The number of carbonyl (C=O) groups excluding carboxylic acids is 1. The lowest BCUT2D eigenvalue weighted by Gasteiger charge is -2.27. The minimum Gasteiger partial charge on any atom is -0.382 e. The molecule has 7 rings (SSSR count). The molecule has 1 amide bonds. The van der Waals surface area contributed by atoms with Crippen molar-refractivity contribution in [2.24, 2.45) is 13.0 Å². The van der Waals surface area contributed by atoms with E-state index in [0.717, 1.165) is 23.1 Å². The molecule has 2 aliphatic rings. The number of aromatic nitrogens is 5. The first-order valence-electron chi connectivity index (χ1n) is 16.8. The number of anilines is 2. The highest BCUT2D eigenvalue weighted by atomic mass is 35.5. The molecule has 1 unspecified atom stereocenters. The fourth-order valence-corrected chi connectivity index (χ4v) is 7.79. The number of alkyl halides is 2. The van der Waals surface area contributed by atoms with Gasteiger partial charge in [-0.2, -0.15) is 19.0 Å². The maximum Gasteiger partial charge on any atom is 0.296 e. The summed E-state index contributed by atoms with van der Waals surface area (Å²) in [6.07, 6.45) is 3.70. The molecule has 5 N–H and O–H groups in total. The Hall–Kier alpha value is -5.44. The number of allylic oxidation sites excluding steroid dienone is 2. The lowest BCUT2D eigenvalue weighted by Crippen LogP contribution is -2.35. The number of nitrogens with two attached hydrogens (primary N) is 1. The highest BCUT2D eigenvalue weighted by molar-refractivity contribution is 7.92. The molecule has 0 saturated carbocycles. The molecule has 286 valence electrons. The number of nitrogens with one attached hydrogen (secondary N) is 2. The first-order valence-corrected chi connectivity index (χ1v) is 19.0. The number of benzene rings is 2. The molecule has 5 aromatic rings. The summed E-state index contributed by atoms with van der Waals surface area (Å²) in [4.78, 5) is 18.7. The van der Waals surface area contributed by atoms with Gasteiger partial charge >= 0.3 is 0 Å². The Kier molecular flexibility index (Phi) is 9.22. The molecule has 0 spiro atoms. The number of sulfonamides is 1. The van der Waals surface area contributed by atoms with E-state index >= 15 is 8.78 Å².